The average molecular weight is 351 g/mol. The van der Waals surface area contributed by atoms with Crippen molar-refractivity contribution in [2.24, 2.45) is 0 Å². The molecule has 1 atom stereocenters. The van der Waals surface area contributed by atoms with Gasteiger partial charge in [0.15, 0.2) is 0 Å². The van der Waals surface area contributed by atoms with E-state index >= 15 is 0 Å². The van der Waals surface area contributed by atoms with Crippen LogP contribution in [-0.2, 0) is 0 Å². The molecule has 26 heavy (non-hydrogen) atoms. The minimum atomic E-state index is -0.650. The van der Waals surface area contributed by atoms with Crippen LogP contribution in [0.5, 0.6) is 0 Å². The predicted octanol–water partition coefficient (Wildman–Crippen LogP) is 4.01. The number of aliphatic hydroxyl groups is 1. The number of nitrogens with zero attached hydrogens (tertiary/aromatic N) is 3. The van der Waals surface area contributed by atoms with Crippen molar-refractivity contribution >= 4 is 22.1 Å². The van der Waals surface area contributed by atoms with Crippen LogP contribution in [0.4, 0.5) is 11.4 Å². The molecule has 6 nitrogen and oxygen atoms in total. The van der Waals surface area contributed by atoms with Crippen molar-refractivity contribution < 1.29 is 10.0 Å². The van der Waals surface area contributed by atoms with Crippen LogP contribution in [0.3, 0.4) is 0 Å². The molecule has 0 spiro atoms. The van der Waals surface area contributed by atoms with E-state index in [1.54, 1.807) is 18.3 Å². The van der Waals surface area contributed by atoms with Gasteiger partial charge in [-0.1, -0.05) is 29.8 Å². The molecule has 3 aromatic rings. The lowest BCUT2D eigenvalue weighted by molar-refractivity contribution is -0.383. The molecule has 6 heteroatoms. The molecule has 0 radical (unpaired) electrons. The van der Waals surface area contributed by atoms with Crippen molar-refractivity contribution in [3.05, 3.63) is 76.1 Å². The summed E-state index contributed by atoms with van der Waals surface area (Å²) in [6.07, 6.45) is 2.49. The standard InChI is InChI=1S/C20H21N3O3/c1-3-22(13-20(24)15-6-4-14(2)5-7-15)18-8-9-19(23(25)26)17-12-21-11-10-16(17)18/h4-12,20,24H,3,13H2,1-2H3. The van der Waals surface area contributed by atoms with Crippen molar-refractivity contribution in [3.63, 3.8) is 0 Å². The number of nitro groups is 1. The lowest BCUT2D eigenvalue weighted by Crippen LogP contribution is -2.28. The van der Waals surface area contributed by atoms with Gasteiger partial charge < -0.3 is 10.0 Å². The first-order valence-electron chi connectivity index (χ1n) is 8.52. The molecule has 1 heterocycles. The number of non-ortho nitro benzene ring substituents is 1. The van der Waals surface area contributed by atoms with Gasteiger partial charge in [-0.05, 0) is 31.5 Å². The second-order valence-electron chi connectivity index (χ2n) is 6.25. The second kappa shape index (κ2) is 7.49. The highest BCUT2D eigenvalue weighted by atomic mass is 16.6. The number of nitro benzene ring substituents is 1. The van der Waals surface area contributed by atoms with Crippen molar-refractivity contribution in [1.82, 2.24) is 4.98 Å². The van der Waals surface area contributed by atoms with Gasteiger partial charge in [-0.3, -0.25) is 15.1 Å². The fourth-order valence-electron chi connectivity index (χ4n) is 3.09. The highest BCUT2D eigenvalue weighted by Crippen LogP contribution is 2.33. The largest absolute Gasteiger partial charge is 0.387 e. The molecule has 2 aromatic carbocycles. The Morgan fingerprint density at radius 1 is 1.15 bits per heavy atom. The van der Waals surface area contributed by atoms with E-state index in [2.05, 4.69) is 4.98 Å². The van der Waals surface area contributed by atoms with Crippen molar-refractivity contribution in [3.8, 4) is 0 Å². The fourth-order valence-corrected chi connectivity index (χ4v) is 3.09. The molecule has 3 rings (SSSR count). The van der Waals surface area contributed by atoms with Crippen molar-refractivity contribution in [1.29, 1.82) is 0 Å². The number of aryl methyl sites for hydroxylation is 1. The van der Waals surface area contributed by atoms with Crippen LogP contribution in [0.1, 0.15) is 24.2 Å². The molecule has 134 valence electrons. The number of rotatable bonds is 6. The summed E-state index contributed by atoms with van der Waals surface area (Å²) < 4.78 is 0. The lowest BCUT2D eigenvalue weighted by atomic mass is 10.1. The van der Waals surface area contributed by atoms with Crippen LogP contribution in [0.15, 0.2) is 54.9 Å². The number of anilines is 1. The first-order chi connectivity index (χ1) is 12.5. The number of aromatic nitrogens is 1. The normalized spacial score (nSPS) is 12.1. The van der Waals surface area contributed by atoms with Crippen LogP contribution < -0.4 is 4.90 Å². The van der Waals surface area contributed by atoms with Gasteiger partial charge >= 0.3 is 0 Å². The third-order valence-electron chi connectivity index (χ3n) is 4.55. The molecular weight excluding hydrogens is 330 g/mol. The SMILES string of the molecule is CCN(CC(O)c1ccc(C)cc1)c1ccc([N+](=O)[O-])c2cnccc12. The summed E-state index contributed by atoms with van der Waals surface area (Å²) in [5.74, 6) is 0. The molecule has 0 aliphatic rings. The maximum Gasteiger partial charge on any atom is 0.278 e. The third kappa shape index (κ3) is 3.50. The van der Waals surface area contributed by atoms with Gasteiger partial charge in [0.25, 0.3) is 5.69 Å². The number of aliphatic hydroxyl groups excluding tert-OH is 1. The zero-order valence-corrected chi connectivity index (χ0v) is 14.8. The van der Waals surface area contributed by atoms with Gasteiger partial charge in [0.1, 0.15) is 0 Å². The Labute approximate surface area is 151 Å². The first kappa shape index (κ1) is 17.8. The van der Waals surface area contributed by atoms with Crippen LogP contribution in [0, 0.1) is 17.0 Å². The quantitative estimate of drug-likeness (QED) is 0.536. The average Bonchev–Trinajstić information content (AvgIpc) is 2.65. The molecule has 1 unspecified atom stereocenters. The Hall–Kier alpha value is -2.99. The Balaban J connectivity index is 1.96. The van der Waals surface area contributed by atoms with Gasteiger partial charge in [-0.15, -0.1) is 0 Å². The Bertz CT molecular complexity index is 925. The topological polar surface area (TPSA) is 79.5 Å². The van der Waals surface area contributed by atoms with E-state index in [1.165, 1.54) is 12.3 Å². The highest BCUT2D eigenvalue weighted by Gasteiger charge is 2.19. The molecule has 1 aromatic heterocycles. The molecule has 0 bridgehead atoms. The number of hydrogen-bond donors (Lipinski definition) is 1. The summed E-state index contributed by atoms with van der Waals surface area (Å²) in [4.78, 5) is 16.9. The van der Waals surface area contributed by atoms with E-state index in [9.17, 15) is 15.2 Å². The summed E-state index contributed by atoms with van der Waals surface area (Å²) >= 11 is 0. The Morgan fingerprint density at radius 3 is 2.54 bits per heavy atom. The van der Waals surface area contributed by atoms with Crippen molar-refractivity contribution in [2.75, 3.05) is 18.0 Å². The molecule has 0 aliphatic heterocycles. The Morgan fingerprint density at radius 2 is 1.88 bits per heavy atom. The van der Waals surface area contributed by atoms with Gasteiger partial charge in [0, 0.05) is 42.6 Å². The number of likely N-dealkylation sites (N-methyl/N-ethyl adjacent to an activating group) is 1. The number of benzene rings is 2. The molecule has 0 aliphatic carbocycles. The fraction of sp³-hybridized carbons (Fsp3) is 0.250. The van der Waals surface area contributed by atoms with Gasteiger partial charge in [-0.25, -0.2) is 0 Å². The van der Waals surface area contributed by atoms with E-state index in [0.717, 1.165) is 22.2 Å². The number of hydrogen-bond acceptors (Lipinski definition) is 5. The van der Waals surface area contributed by atoms with E-state index in [4.69, 9.17) is 0 Å². The van der Waals surface area contributed by atoms with E-state index in [1.807, 2.05) is 43.0 Å². The summed E-state index contributed by atoms with van der Waals surface area (Å²) in [7, 11) is 0. The van der Waals surface area contributed by atoms with Gasteiger partial charge in [-0.2, -0.15) is 0 Å². The van der Waals surface area contributed by atoms with Gasteiger partial charge in [0.2, 0.25) is 0 Å². The van der Waals surface area contributed by atoms with Crippen LogP contribution >= 0.6 is 0 Å². The summed E-state index contributed by atoms with van der Waals surface area (Å²) in [6, 6.07) is 12.8. The second-order valence-corrected chi connectivity index (χ2v) is 6.25. The Kier molecular flexibility index (Phi) is 5.14. The smallest absolute Gasteiger partial charge is 0.278 e. The van der Waals surface area contributed by atoms with Crippen LogP contribution in [0.25, 0.3) is 10.8 Å². The maximum atomic E-state index is 11.3. The molecule has 0 fully saturated rings. The van der Waals surface area contributed by atoms with E-state index < -0.39 is 11.0 Å². The molecule has 0 saturated carbocycles. The highest BCUT2D eigenvalue weighted by molar-refractivity contribution is 5.99. The van der Waals surface area contributed by atoms with Crippen LogP contribution in [0.2, 0.25) is 0 Å². The maximum absolute atomic E-state index is 11.3. The third-order valence-corrected chi connectivity index (χ3v) is 4.55. The molecular formula is C20H21N3O3. The summed E-state index contributed by atoms with van der Waals surface area (Å²) in [5.41, 5.74) is 2.87. The van der Waals surface area contributed by atoms with Crippen molar-refractivity contribution in [2.45, 2.75) is 20.0 Å². The van der Waals surface area contributed by atoms with Crippen LogP contribution in [-0.4, -0.2) is 28.1 Å². The minimum absolute atomic E-state index is 0.0342. The molecule has 0 saturated heterocycles. The molecule has 1 N–H and O–H groups in total. The predicted molar refractivity (Wildman–Crippen MR) is 102 cm³/mol. The number of fused-ring (bicyclic) bond motifs is 1. The molecule has 0 amide bonds. The first-order valence-corrected chi connectivity index (χ1v) is 8.52. The van der Waals surface area contributed by atoms with E-state index in [-0.39, 0.29) is 5.69 Å². The lowest BCUT2D eigenvalue weighted by Gasteiger charge is -2.27. The number of pyridine rings is 1. The minimum Gasteiger partial charge on any atom is -0.387 e. The van der Waals surface area contributed by atoms with Gasteiger partial charge in [0.05, 0.1) is 16.4 Å². The van der Waals surface area contributed by atoms with E-state index in [0.29, 0.717) is 18.5 Å². The zero-order chi connectivity index (χ0) is 18.7. The monoisotopic (exact) mass is 351 g/mol. The summed E-state index contributed by atoms with van der Waals surface area (Å²) in [5, 5.41) is 23.2. The summed E-state index contributed by atoms with van der Waals surface area (Å²) in [6.45, 7) is 5.06. The zero-order valence-electron chi connectivity index (χ0n) is 14.8.